The molecule has 1 amide bonds. The lowest BCUT2D eigenvalue weighted by atomic mass is 10.0. The van der Waals surface area contributed by atoms with Crippen molar-refractivity contribution in [3.8, 4) is 0 Å². The Labute approximate surface area is 132 Å². The highest BCUT2D eigenvalue weighted by Gasteiger charge is 2.19. The molecule has 0 aliphatic heterocycles. The van der Waals surface area contributed by atoms with Crippen LogP contribution in [0.5, 0.6) is 0 Å². The van der Waals surface area contributed by atoms with Crippen LogP contribution in [0.2, 0.25) is 0 Å². The molecule has 2 aromatic heterocycles. The average Bonchev–Trinajstić information content (AvgIpc) is 3.06. The SMILES string of the molecule is CCc1n[nH]c(=O)c(C(=O)NCC(O)c2ccsc2)c1CC. The van der Waals surface area contributed by atoms with E-state index in [4.69, 9.17) is 0 Å². The molecule has 0 aromatic carbocycles. The molecule has 0 fully saturated rings. The Morgan fingerprint density at radius 1 is 1.45 bits per heavy atom. The lowest BCUT2D eigenvalue weighted by molar-refractivity contribution is 0.0913. The van der Waals surface area contributed by atoms with Crippen LogP contribution in [-0.4, -0.2) is 27.8 Å². The van der Waals surface area contributed by atoms with Gasteiger partial charge in [-0.15, -0.1) is 0 Å². The minimum Gasteiger partial charge on any atom is -0.387 e. The van der Waals surface area contributed by atoms with Crippen LogP contribution >= 0.6 is 11.3 Å². The molecule has 0 aliphatic carbocycles. The summed E-state index contributed by atoms with van der Waals surface area (Å²) in [5, 5.41) is 22.6. The third kappa shape index (κ3) is 3.42. The number of aryl methyl sites for hydroxylation is 1. The summed E-state index contributed by atoms with van der Waals surface area (Å²) in [6.07, 6.45) is 0.403. The molecule has 0 aliphatic rings. The second-order valence-corrected chi connectivity index (χ2v) is 5.62. The highest BCUT2D eigenvalue weighted by atomic mass is 32.1. The van der Waals surface area contributed by atoms with Gasteiger partial charge in [0.25, 0.3) is 11.5 Å². The van der Waals surface area contributed by atoms with E-state index in [1.165, 1.54) is 11.3 Å². The highest BCUT2D eigenvalue weighted by Crippen LogP contribution is 2.15. The summed E-state index contributed by atoms with van der Waals surface area (Å²) < 4.78 is 0. The van der Waals surface area contributed by atoms with Crippen LogP contribution < -0.4 is 10.9 Å². The molecule has 118 valence electrons. The molecule has 0 saturated carbocycles. The van der Waals surface area contributed by atoms with Gasteiger partial charge in [-0.2, -0.15) is 16.4 Å². The Bertz CT molecular complexity index is 695. The highest BCUT2D eigenvalue weighted by molar-refractivity contribution is 7.07. The van der Waals surface area contributed by atoms with Gasteiger partial charge in [0, 0.05) is 6.54 Å². The second-order valence-electron chi connectivity index (χ2n) is 4.84. The summed E-state index contributed by atoms with van der Waals surface area (Å²) in [6.45, 7) is 3.86. The van der Waals surface area contributed by atoms with Crippen LogP contribution in [0.3, 0.4) is 0 Å². The van der Waals surface area contributed by atoms with Gasteiger partial charge in [-0.05, 0) is 40.8 Å². The number of aliphatic hydroxyl groups is 1. The first-order chi connectivity index (χ1) is 10.6. The van der Waals surface area contributed by atoms with E-state index < -0.39 is 17.6 Å². The number of hydrogen-bond donors (Lipinski definition) is 3. The average molecular weight is 321 g/mol. The van der Waals surface area contributed by atoms with Gasteiger partial charge in [-0.25, -0.2) is 5.10 Å². The lowest BCUT2D eigenvalue weighted by Crippen LogP contribution is -2.34. The maximum Gasteiger partial charge on any atom is 0.277 e. The molecule has 7 heteroatoms. The summed E-state index contributed by atoms with van der Waals surface area (Å²) in [7, 11) is 0. The van der Waals surface area contributed by atoms with Crippen molar-refractivity contribution in [2.24, 2.45) is 0 Å². The van der Waals surface area contributed by atoms with Crippen molar-refractivity contribution in [3.63, 3.8) is 0 Å². The number of carbonyl (C=O) groups is 1. The van der Waals surface area contributed by atoms with Crippen LogP contribution in [0, 0.1) is 0 Å². The van der Waals surface area contributed by atoms with Crippen molar-refractivity contribution in [1.29, 1.82) is 0 Å². The quantitative estimate of drug-likeness (QED) is 0.750. The van der Waals surface area contributed by atoms with E-state index in [9.17, 15) is 14.7 Å². The molecule has 3 N–H and O–H groups in total. The van der Waals surface area contributed by atoms with E-state index in [0.717, 1.165) is 5.56 Å². The van der Waals surface area contributed by atoms with Crippen molar-refractivity contribution in [2.75, 3.05) is 6.54 Å². The predicted molar refractivity (Wildman–Crippen MR) is 85.2 cm³/mol. The predicted octanol–water partition coefficient (Wildman–Crippen LogP) is 1.42. The monoisotopic (exact) mass is 321 g/mol. The van der Waals surface area contributed by atoms with Crippen molar-refractivity contribution < 1.29 is 9.90 Å². The first-order valence-corrected chi connectivity index (χ1v) is 8.11. The Morgan fingerprint density at radius 2 is 2.23 bits per heavy atom. The molecule has 0 bridgehead atoms. The summed E-state index contributed by atoms with van der Waals surface area (Å²) in [6, 6.07) is 1.80. The van der Waals surface area contributed by atoms with E-state index >= 15 is 0 Å². The van der Waals surface area contributed by atoms with E-state index in [2.05, 4.69) is 15.5 Å². The molecular formula is C15H19N3O3S. The van der Waals surface area contributed by atoms with Crippen LogP contribution in [0.4, 0.5) is 0 Å². The third-order valence-electron chi connectivity index (χ3n) is 3.47. The van der Waals surface area contributed by atoms with E-state index in [1.54, 1.807) is 6.07 Å². The standard InChI is InChI=1S/C15H19N3O3S/c1-3-10-11(4-2)17-18-15(21)13(10)14(20)16-7-12(19)9-5-6-22-8-9/h5-6,8,12,19H,3-4,7H2,1-2H3,(H,16,20)(H,18,21). The van der Waals surface area contributed by atoms with Gasteiger partial charge in [-0.3, -0.25) is 9.59 Å². The van der Waals surface area contributed by atoms with E-state index in [-0.39, 0.29) is 12.1 Å². The Hall–Kier alpha value is -1.99. The van der Waals surface area contributed by atoms with Crippen molar-refractivity contribution in [1.82, 2.24) is 15.5 Å². The summed E-state index contributed by atoms with van der Waals surface area (Å²) >= 11 is 1.48. The number of nitrogens with one attached hydrogen (secondary N) is 2. The van der Waals surface area contributed by atoms with Crippen LogP contribution in [0.1, 0.15) is 47.1 Å². The maximum atomic E-state index is 12.3. The molecule has 0 radical (unpaired) electrons. The van der Waals surface area contributed by atoms with Crippen molar-refractivity contribution >= 4 is 17.2 Å². The van der Waals surface area contributed by atoms with Crippen LogP contribution in [-0.2, 0) is 12.8 Å². The normalized spacial score (nSPS) is 12.1. The van der Waals surface area contributed by atoms with Gasteiger partial charge in [0.1, 0.15) is 5.56 Å². The molecule has 2 aromatic rings. The Kier molecular flexibility index (Phi) is 5.46. The first kappa shape index (κ1) is 16.4. The largest absolute Gasteiger partial charge is 0.387 e. The van der Waals surface area contributed by atoms with Crippen LogP contribution in [0.25, 0.3) is 0 Å². The first-order valence-electron chi connectivity index (χ1n) is 7.17. The van der Waals surface area contributed by atoms with Gasteiger partial charge in [0.05, 0.1) is 11.8 Å². The molecule has 2 rings (SSSR count). The number of thiophene rings is 1. The van der Waals surface area contributed by atoms with Gasteiger partial charge in [0.15, 0.2) is 0 Å². The third-order valence-corrected chi connectivity index (χ3v) is 4.17. The molecule has 1 unspecified atom stereocenters. The number of aromatic amines is 1. The molecule has 0 spiro atoms. The minimum atomic E-state index is -0.785. The minimum absolute atomic E-state index is 0.0575. The van der Waals surface area contributed by atoms with E-state index in [1.807, 2.05) is 24.6 Å². The van der Waals surface area contributed by atoms with Gasteiger partial charge >= 0.3 is 0 Å². The second kappa shape index (κ2) is 7.33. The summed E-state index contributed by atoms with van der Waals surface area (Å²) in [4.78, 5) is 24.3. The number of aliphatic hydroxyl groups excluding tert-OH is 1. The summed E-state index contributed by atoms with van der Waals surface area (Å²) in [5.74, 6) is -0.482. The van der Waals surface area contributed by atoms with Gasteiger partial charge < -0.3 is 10.4 Å². The molecule has 0 saturated heterocycles. The smallest absolute Gasteiger partial charge is 0.277 e. The van der Waals surface area contributed by atoms with E-state index in [0.29, 0.717) is 24.1 Å². The number of nitrogens with zero attached hydrogens (tertiary/aromatic N) is 1. The number of H-pyrrole nitrogens is 1. The summed E-state index contributed by atoms with van der Waals surface area (Å²) in [5.41, 5.74) is 1.71. The molecule has 22 heavy (non-hydrogen) atoms. The topological polar surface area (TPSA) is 95.1 Å². The molecule has 6 nitrogen and oxygen atoms in total. The van der Waals surface area contributed by atoms with Gasteiger partial charge in [0.2, 0.25) is 0 Å². The fourth-order valence-corrected chi connectivity index (χ4v) is 3.00. The lowest BCUT2D eigenvalue weighted by Gasteiger charge is -2.13. The van der Waals surface area contributed by atoms with Crippen LogP contribution in [0.15, 0.2) is 21.6 Å². The zero-order valence-corrected chi connectivity index (χ0v) is 13.4. The maximum absolute atomic E-state index is 12.3. The Morgan fingerprint density at radius 3 is 2.82 bits per heavy atom. The Balaban J connectivity index is 2.17. The zero-order valence-electron chi connectivity index (χ0n) is 12.5. The number of hydrogen-bond acceptors (Lipinski definition) is 5. The molecular weight excluding hydrogens is 302 g/mol. The number of rotatable bonds is 6. The van der Waals surface area contributed by atoms with Gasteiger partial charge in [-0.1, -0.05) is 13.8 Å². The number of carbonyl (C=O) groups excluding carboxylic acids is 1. The fourth-order valence-electron chi connectivity index (χ4n) is 2.30. The van der Waals surface area contributed by atoms with Crippen molar-refractivity contribution in [2.45, 2.75) is 32.8 Å². The van der Waals surface area contributed by atoms with Crippen molar-refractivity contribution in [3.05, 3.63) is 49.6 Å². The molecule has 2 heterocycles. The zero-order chi connectivity index (χ0) is 16.1. The number of amides is 1. The fraction of sp³-hybridized carbons (Fsp3) is 0.400. The molecule has 1 atom stereocenters. The number of aromatic nitrogens is 2.